The van der Waals surface area contributed by atoms with Gasteiger partial charge in [-0.2, -0.15) is 10.2 Å². The van der Waals surface area contributed by atoms with Crippen LogP contribution in [-0.2, 0) is 30.2 Å². The summed E-state index contributed by atoms with van der Waals surface area (Å²) in [4.78, 5) is 9.31. The summed E-state index contributed by atoms with van der Waals surface area (Å²) in [5, 5.41) is 34.2. The van der Waals surface area contributed by atoms with Gasteiger partial charge in [-0.15, -0.1) is 0 Å². The number of nitrogens with zero attached hydrogens (tertiary/aromatic N) is 6. The Morgan fingerprint density at radius 1 is 0.574 bits per heavy atom. The summed E-state index contributed by atoms with van der Waals surface area (Å²) < 4.78 is 3.22. The second-order valence-electron chi connectivity index (χ2n) is 11.6. The van der Waals surface area contributed by atoms with E-state index in [1.807, 2.05) is 88.4 Å². The van der Waals surface area contributed by atoms with Gasteiger partial charge in [0.2, 0.25) is 0 Å². The van der Waals surface area contributed by atoms with Crippen molar-refractivity contribution in [1.82, 2.24) is 19.6 Å². The molecule has 2 aromatic heterocycles. The zero-order valence-electron chi connectivity index (χ0n) is 29.1. The molecule has 0 N–H and O–H groups in total. The van der Waals surface area contributed by atoms with Gasteiger partial charge in [-0.3, -0.25) is 19.3 Å². The third-order valence-electron chi connectivity index (χ3n) is 7.90. The van der Waals surface area contributed by atoms with Crippen LogP contribution in [0.5, 0.6) is 11.8 Å². The van der Waals surface area contributed by atoms with E-state index in [-0.39, 0.29) is 28.8 Å². The Morgan fingerprint density at radius 2 is 0.936 bits per heavy atom. The summed E-state index contributed by atoms with van der Waals surface area (Å²) in [6.45, 7) is 13.6. The SMILES string of the molecule is CCCCCCn1nc(C)c(C(CC)=Nc2ccccc2)c1[O-].CCCCCCn1nc(C)c(C(CC)=Nc2ccccc2)c1[O-].[Cu+2]. The first-order valence-electron chi connectivity index (χ1n) is 17.1. The molecule has 0 fully saturated rings. The van der Waals surface area contributed by atoms with E-state index >= 15 is 0 Å². The smallest absolute Gasteiger partial charge is 0.858 e. The van der Waals surface area contributed by atoms with Gasteiger partial charge in [-0.05, 0) is 75.6 Å². The normalized spacial score (nSPS) is 11.6. The van der Waals surface area contributed by atoms with Crippen molar-refractivity contribution in [3.8, 4) is 11.8 Å². The van der Waals surface area contributed by atoms with Crippen LogP contribution in [0, 0.1) is 13.8 Å². The van der Waals surface area contributed by atoms with E-state index in [4.69, 9.17) is 0 Å². The van der Waals surface area contributed by atoms with Crippen molar-refractivity contribution in [2.75, 3.05) is 0 Å². The molecule has 2 aromatic carbocycles. The van der Waals surface area contributed by atoms with Gasteiger partial charge >= 0.3 is 17.1 Å². The molecule has 0 saturated carbocycles. The van der Waals surface area contributed by atoms with Crippen LogP contribution in [0.25, 0.3) is 0 Å². The molecule has 1 radical (unpaired) electrons. The fourth-order valence-electron chi connectivity index (χ4n) is 5.41. The number of rotatable bonds is 16. The molecule has 0 spiro atoms. The summed E-state index contributed by atoms with van der Waals surface area (Å²) in [5.41, 5.74) is 6.29. The quantitative estimate of drug-likeness (QED) is 0.0667. The number of unbranched alkanes of at least 4 members (excludes halogenated alkanes) is 6. The second-order valence-corrected chi connectivity index (χ2v) is 11.6. The summed E-state index contributed by atoms with van der Waals surface area (Å²) in [7, 11) is 0. The molecule has 4 rings (SSSR count). The molecule has 0 aliphatic carbocycles. The summed E-state index contributed by atoms with van der Waals surface area (Å²) in [6.07, 6.45) is 10.5. The Balaban J connectivity index is 0.000000320. The largest absolute Gasteiger partial charge is 2.00 e. The molecule has 47 heavy (non-hydrogen) atoms. The Hall–Kier alpha value is -3.68. The van der Waals surface area contributed by atoms with E-state index < -0.39 is 0 Å². The minimum absolute atomic E-state index is 0. The molecular weight excluding hydrogens is 636 g/mol. The minimum atomic E-state index is -0.00414. The summed E-state index contributed by atoms with van der Waals surface area (Å²) >= 11 is 0. The average molecular weight is 688 g/mol. The molecule has 9 heteroatoms. The van der Waals surface area contributed by atoms with Crippen molar-refractivity contribution in [3.63, 3.8) is 0 Å². The Bertz CT molecular complexity index is 1410. The predicted octanol–water partition coefficient (Wildman–Crippen LogP) is 8.75. The van der Waals surface area contributed by atoms with Crippen LogP contribution >= 0.6 is 0 Å². The zero-order valence-corrected chi connectivity index (χ0v) is 30.0. The van der Waals surface area contributed by atoms with Gasteiger partial charge in [-0.1, -0.05) is 103 Å². The first-order chi connectivity index (χ1) is 22.3. The Labute approximate surface area is 292 Å². The number of aryl methyl sites for hydroxylation is 4. The molecule has 8 nitrogen and oxygen atoms in total. The maximum atomic E-state index is 12.7. The van der Waals surface area contributed by atoms with E-state index in [0.717, 1.165) is 59.9 Å². The second kappa shape index (κ2) is 21.2. The maximum Gasteiger partial charge on any atom is 2.00 e. The van der Waals surface area contributed by atoms with Crippen LogP contribution in [-0.4, -0.2) is 31.0 Å². The molecule has 0 aliphatic rings. The third-order valence-corrected chi connectivity index (χ3v) is 7.90. The van der Waals surface area contributed by atoms with E-state index in [9.17, 15) is 10.2 Å². The molecule has 0 amide bonds. The molecule has 0 atom stereocenters. The van der Waals surface area contributed by atoms with Gasteiger partial charge in [0.15, 0.2) is 0 Å². The standard InChI is InChI=1S/2C19H27N3O.Cu/c2*1-4-6-7-11-14-22-19(23)18(15(3)21-22)17(5-2)20-16-12-9-8-10-13-16;/h2*8-10,12-13,23H,4-7,11,14H2,1-3H3;/q;;+2/p-2. The minimum Gasteiger partial charge on any atom is -0.858 e. The van der Waals surface area contributed by atoms with Crippen LogP contribution in [0.15, 0.2) is 70.6 Å². The summed E-state index contributed by atoms with van der Waals surface area (Å²) in [6, 6.07) is 19.5. The summed E-state index contributed by atoms with van der Waals surface area (Å²) in [5.74, 6) is -0.00828. The first kappa shape index (κ1) is 39.5. The van der Waals surface area contributed by atoms with Crippen molar-refractivity contribution in [2.45, 2.75) is 119 Å². The van der Waals surface area contributed by atoms with E-state index in [1.54, 1.807) is 9.36 Å². The van der Waals surface area contributed by atoms with Gasteiger partial charge in [0.25, 0.3) is 0 Å². The molecular formula is C38H52CuN6O2. The first-order valence-corrected chi connectivity index (χ1v) is 17.1. The maximum absolute atomic E-state index is 12.7. The van der Waals surface area contributed by atoms with Crippen molar-refractivity contribution >= 4 is 22.8 Å². The zero-order chi connectivity index (χ0) is 33.3. The number of aliphatic imine (C=N–C) groups is 2. The molecule has 0 saturated heterocycles. The van der Waals surface area contributed by atoms with Crippen LogP contribution in [0.2, 0.25) is 0 Å². The molecule has 0 unspecified atom stereocenters. The molecule has 0 aliphatic heterocycles. The van der Waals surface area contributed by atoms with Gasteiger partial charge in [0.1, 0.15) is 0 Å². The number of benzene rings is 2. The third kappa shape index (κ3) is 11.8. The van der Waals surface area contributed by atoms with E-state index in [0.29, 0.717) is 37.1 Å². The van der Waals surface area contributed by atoms with Crippen molar-refractivity contribution < 1.29 is 27.3 Å². The van der Waals surface area contributed by atoms with Gasteiger partial charge in [0.05, 0.1) is 34.2 Å². The molecule has 257 valence electrons. The van der Waals surface area contributed by atoms with Crippen LogP contribution in [0.4, 0.5) is 11.4 Å². The van der Waals surface area contributed by atoms with Gasteiger partial charge in [0, 0.05) is 24.2 Å². The van der Waals surface area contributed by atoms with Crippen LogP contribution < -0.4 is 10.2 Å². The molecule has 0 bridgehead atoms. The fraction of sp³-hybridized carbons (Fsp3) is 0.474. The van der Waals surface area contributed by atoms with Crippen LogP contribution in [0.1, 0.15) is 114 Å². The van der Waals surface area contributed by atoms with Gasteiger partial charge < -0.3 is 10.2 Å². The Kier molecular flexibility index (Phi) is 17.9. The predicted molar refractivity (Wildman–Crippen MR) is 187 cm³/mol. The average Bonchev–Trinajstić information content (AvgIpc) is 3.52. The number of hydrogen-bond acceptors (Lipinski definition) is 6. The fourth-order valence-corrected chi connectivity index (χ4v) is 5.41. The number of aromatic nitrogens is 4. The molecule has 4 aromatic rings. The molecule has 2 heterocycles. The Morgan fingerprint density at radius 3 is 1.26 bits per heavy atom. The number of para-hydroxylation sites is 2. The monoisotopic (exact) mass is 687 g/mol. The van der Waals surface area contributed by atoms with Gasteiger partial charge in [-0.25, -0.2) is 0 Å². The van der Waals surface area contributed by atoms with Crippen molar-refractivity contribution in [1.29, 1.82) is 0 Å². The van der Waals surface area contributed by atoms with Crippen molar-refractivity contribution in [3.05, 3.63) is 83.2 Å². The topological polar surface area (TPSA) is 106 Å². The van der Waals surface area contributed by atoms with E-state index in [2.05, 4.69) is 34.0 Å². The van der Waals surface area contributed by atoms with Crippen molar-refractivity contribution in [2.24, 2.45) is 9.98 Å². The number of hydrogen-bond donors (Lipinski definition) is 0. The van der Waals surface area contributed by atoms with E-state index in [1.165, 1.54) is 25.7 Å². The van der Waals surface area contributed by atoms with Crippen LogP contribution in [0.3, 0.4) is 0 Å².